The first-order chi connectivity index (χ1) is 23.0. The van der Waals surface area contributed by atoms with E-state index in [9.17, 15) is 19.8 Å². The van der Waals surface area contributed by atoms with Gasteiger partial charge in [-0.15, -0.1) is 10.2 Å². The number of ether oxygens (including phenoxy) is 5. The molecule has 0 spiro atoms. The van der Waals surface area contributed by atoms with Crippen LogP contribution in [0, 0.1) is 0 Å². The van der Waals surface area contributed by atoms with Crippen molar-refractivity contribution in [1.29, 1.82) is 0 Å². The van der Waals surface area contributed by atoms with Gasteiger partial charge < -0.3 is 38.5 Å². The number of hydrogen-bond acceptors (Lipinski definition) is 13. The van der Waals surface area contributed by atoms with Crippen molar-refractivity contribution < 1.29 is 43.5 Å². The van der Waals surface area contributed by atoms with Gasteiger partial charge in [-0.3, -0.25) is 0 Å². The van der Waals surface area contributed by atoms with Crippen molar-refractivity contribution in [3.8, 4) is 22.5 Å². The molecular weight excluding hydrogens is 624 g/mol. The Morgan fingerprint density at radius 3 is 2.48 bits per heavy atom. The van der Waals surface area contributed by atoms with E-state index in [0.29, 0.717) is 18.1 Å². The Morgan fingerprint density at radius 2 is 1.79 bits per heavy atom. The minimum Gasteiger partial charge on any atom is -0.426 e. The summed E-state index contributed by atoms with van der Waals surface area (Å²) in [6.45, 7) is 6.82. The number of aliphatic hydroxyl groups is 2. The number of nitrogens with one attached hydrogen (secondary N) is 1. The van der Waals surface area contributed by atoms with Crippen LogP contribution in [0.3, 0.4) is 0 Å². The molecule has 2 aromatic heterocycles. The molecule has 3 N–H and O–H groups in total. The highest BCUT2D eigenvalue weighted by Crippen LogP contribution is 2.32. The van der Waals surface area contributed by atoms with Crippen molar-refractivity contribution in [2.75, 3.05) is 13.2 Å². The molecule has 4 aromatic rings. The second kappa shape index (κ2) is 13.8. The van der Waals surface area contributed by atoms with Crippen LogP contribution in [0.1, 0.15) is 61.7 Å². The van der Waals surface area contributed by atoms with Gasteiger partial charge in [-0.05, 0) is 42.2 Å². The summed E-state index contributed by atoms with van der Waals surface area (Å²) in [5, 5.41) is 35.4. The lowest BCUT2D eigenvalue weighted by Gasteiger charge is -2.21. The molecule has 2 aromatic carbocycles. The third-order valence-corrected chi connectivity index (χ3v) is 8.18. The van der Waals surface area contributed by atoms with E-state index >= 15 is 0 Å². The molecular formula is C33H38N6O9. The third kappa shape index (κ3) is 6.94. The number of imidazole rings is 1. The van der Waals surface area contributed by atoms with Crippen LogP contribution >= 0.6 is 0 Å². The minimum atomic E-state index is -1.49. The fourth-order valence-corrected chi connectivity index (χ4v) is 5.96. The Balaban J connectivity index is 1.21. The fraction of sp³-hybridized carbons (Fsp3) is 0.455. The number of aryl methyl sites for hydroxylation is 1. The molecule has 0 saturated carbocycles. The van der Waals surface area contributed by atoms with E-state index in [1.54, 1.807) is 18.4 Å². The second-order valence-corrected chi connectivity index (χ2v) is 12.3. The topological polar surface area (TPSA) is 193 Å². The SMILES string of the molecule is CCCc1nc(C(C)(C)O)c(C(=O)OC(C)OC(=O)O[C@H]2CO[C@H]3[C@@H]2OC[C@H]3O)n1Cc1ccc(-c2ccccc2-c2nn[nH]n2)cc1. The summed E-state index contributed by atoms with van der Waals surface area (Å²) < 4.78 is 28.8. The van der Waals surface area contributed by atoms with Gasteiger partial charge in [0.05, 0.1) is 13.2 Å². The molecule has 2 aliphatic rings. The Hall–Kier alpha value is -4.70. The van der Waals surface area contributed by atoms with Crippen LogP contribution < -0.4 is 0 Å². The first-order valence-corrected chi connectivity index (χ1v) is 15.8. The Kier molecular flexibility index (Phi) is 9.55. The summed E-state index contributed by atoms with van der Waals surface area (Å²) in [7, 11) is 0. The monoisotopic (exact) mass is 662 g/mol. The zero-order valence-corrected chi connectivity index (χ0v) is 27.0. The molecule has 6 rings (SSSR count). The van der Waals surface area contributed by atoms with Gasteiger partial charge in [-0.1, -0.05) is 55.5 Å². The number of carbonyl (C=O) groups excluding carboxylic acids is 2. The maximum Gasteiger partial charge on any atom is 0.511 e. The Labute approximate surface area is 276 Å². The smallest absolute Gasteiger partial charge is 0.426 e. The van der Waals surface area contributed by atoms with Gasteiger partial charge >= 0.3 is 12.1 Å². The maximum absolute atomic E-state index is 13.7. The molecule has 0 bridgehead atoms. The average Bonchev–Trinajstić information content (AvgIpc) is 3.85. The van der Waals surface area contributed by atoms with Crippen molar-refractivity contribution in [2.45, 2.75) is 83.4 Å². The van der Waals surface area contributed by atoms with Gasteiger partial charge in [0.15, 0.2) is 11.8 Å². The third-order valence-electron chi connectivity index (χ3n) is 8.18. The summed E-state index contributed by atoms with van der Waals surface area (Å²) in [6.07, 6.45) is -3.93. The number of tetrazole rings is 1. The van der Waals surface area contributed by atoms with Crippen LogP contribution in [-0.4, -0.2) is 96.4 Å². The first-order valence-electron chi connectivity index (χ1n) is 15.8. The average molecular weight is 663 g/mol. The number of hydrogen-bond donors (Lipinski definition) is 3. The standard InChI is InChI=1S/C33H38N6O9/c1-5-8-25-34-29(33(3,4)43)26(31(41)46-18(2)47-32(42)48-24-17-45-27-23(40)16-44-28(24)27)39(25)15-19-11-13-20(14-12-19)21-9-6-7-10-22(21)30-35-37-38-36-30/h6-7,9-14,18,23-24,27-28,40,43H,5,8,15-17H2,1-4H3,(H,35,36,37,38)/t18?,23-,24+,27-,28-/m1/s1. The molecule has 15 heteroatoms. The van der Waals surface area contributed by atoms with Crippen LogP contribution in [0.15, 0.2) is 48.5 Å². The van der Waals surface area contributed by atoms with Gasteiger partial charge in [0.25, 0.3) is 0 Å². The fourth-order valence-electron chi connectivity index (χ4n) is 5.96. The van der Waals surface area contributed by atoms with Crippen LogP contribution in [0.5, 0.6) is 0 Å². The predicted octanol–water partition coefficient (Wildman–Crippen LogP) is 3.14. The summed E-state index contributed by atoms with van der Waals surface area (Å²) in [6, 6.07) is 15.6. The number of fused-ring (bicyclic) bond motifs is 1. The van der Waals surface area contributed by atoms with Crippen LogP contribution in [0.25, 0.3) is 22.5 Å². The number of rotatable bonds is 11. The summed E-state index contributed by atoms with van der Waals surface area (Å²) in [4.78, 5) is 31.0. The highest BCUT2D eigenvalue weighted by Gasteiger charge is 2.49. The van der Waals surface area contributed by atoms with E-state index in [2.05, 4.69) is 25.6 Å². The Morgan fingerprint density at radius 1 is 1.06 bits per heavy atom. The lowest BCUT2D eigenvalue weighted by atomic mass is 9.98. The summed E-state index contributed by atoms with van der Waals surface area (Å²) >= 11 is 0. The lowest BCUT2D eigenvalue weighted by Crippen LogP contribution is -2.35. The second-order valence-electron chi connectivity index (χ2n) is 12.3. The molecule has 2 saturated heterocycles. The molecule has 48 heavy (non-hydrogen) atoms. The van der Waals surface area contributed by atoms with Crippen LogP contribution in [-0.2, 0) is 42.3 Å². The van der Waals surface area contributed by atoms with Crippen LogP contribution in [0.2, 0.25) is 0 Å². The molecule has 15 nitrogen and oxygen atoms in total. The quantitative estimate of drug-likeness (QED) is 0.157. The van der Waals surface area contributed by atoms with Gasteiger partial charge in [0.1, 0.15) is 35.4 Å². The number of aliphatic hydroxyl groups excluding tert-OH is 1. The first kappa shape index (κ1) is 33.2. The van der Waals surface area contributed by atoms with Gasteiger partial charge in [0.2, 0.25) is 12.1 Å². The van der Waals surface area contributed by atoms with Gasteiger partial charge in [-0.25, -0.2) is 14.6 Å². The normalized spacial score (nSPS) is 21.1. The van der Waals surface area contributed by atoms with Crippen molar-refractivity contribution in [3.05, 3.63) is 71.3 Å². The molecule has 4 heterocycles. The molecule has 5 atom stereocenters. The van der Waals surface area contributed by atoms with Crippen molar-refractivity contribution >= 4 is 12.1 Å². The molecule has 2 fully saturated rings. The highest BCUT2D eigenvalue weighted by atomic mass is 16.8. The van der Waals surface area contributed by atoms with E-state index in [1.165, 1.54) is 6.92 Å². The number of nitrogens with zero attached hydrogens (tertiary/aromatic N) is 5. The summed E-state index contributed by atoms with van der Waals surface area (Å²) in [5.74, 6) is 0.241. The molecule has 254 valence electrons. The van der Waals surface area contributed by atoms with E-state index in [1.807, 2.05) is 55.5 Å². The van der Waals surface area contributed by atoms with Crippen molar-refractivity contribution in [3.63, 3.8) is 0 Å². The Bertz CT molecular complexity index is 1740. The number of aromatic nitrogens is 6. The number of esters is 1. The van der Waals surface area contributed by atoms with Gasteiger partial charge in [-0.2, -0.15) is 5.21 Å². The van der Waals surface area contributed by atoms with Gasteiger partial charge in [0, 0.05) is 25.5 Å². The van der Waals surface area contributed by atoms with Crippen molar-refractivity contribution in [2.24, 2.45) is 0 Å². The molecule has 0 amide bonds. The number of benzene rings is 2. The van der Waals surface area contributed by atoms with E-state index in [-0.39, 0.29) is 31.1 Å². The van der Waals surface area contributed by atoms with Crippen LogP contribution in [0.4, 0.5) is 4.79 Å². The maximum atomic E-state index is 13.7. The number of H-pyrrole nitrogens is 1. The largest absolute Gasteiger partial charge is 0.511 e. The molecule has 2 aliphatic heterocycles. The zero-order chi connectivity index (χ0) is 34.0. The van der Waals surface area contributed by atoms with E-state index in [0.717, 1.165) is 28.7 Å². The number of carbonyl (C=O) groups is 2. The molecule has 0 aliphatic carbocycles. The predicted molar refractivity (Wildman–Crippen MR) is 167 cm³/mol. The summed E-state index contributed by atoms with van der Waals surface area (Å²) in [5.41, 5.74) is 2.25. The highest BCUT2D eigenvalue weighted by molar-refractivity contribution is 5.89. The number of aromatic amines is 1. The minimum absolute atomic E-state index is 0.0380. The lowest BCUT2D eigenvalue weighted by molar-refractivity contribution is -0.0993. The van der Waals surface area contributed by atoms with Crippen molar-refractivity contribution in [1.82, 2.24) is 30.2 Å². The molecule has 0 radical (unpaired) electrons. The molecule has 1 unspecified atom stereocenters. The van der Waals surface area contributed by atoms with E-state index in [4.69, 9.17) is 23.7 Å². The van der Waals surface area contributed by atoms with E-state index < -0.39 is 48.4 Å². The zero-order valence-electron chi connectivity index (χ0n) is 27.0.